The van der Waals surface area contributed by atoms with Crippen LogP contribution in [0.15, 0.2) is 23.7 Å². The zero-order valence-electron chi connectivity index (χ0n) is 14.9. The summed E-state index contributed by atoms with van der Waals surface area (Å²) in [6, 6.07) is 5.17. The molecule has 1 aliphatic heterocycles. The zero-order valence-corrected chi connectivity index (χ0v) is 14.9. The van der Waals surface area contributed by atoms with E-state index in [1.54, 1.807) is 12.1 Å². The molecule has 4 N–H and O–H groups in total. The third-order valence-electron chi connectivity index (χ3n) is 4.68. The van der Waals surface area contributed by atoms with Crippen LogP contribution in [0.2, 0.25) is 0 Å². The number of nitrogens with two attached hydrogens (primary N) is 2. The summed E-state index contributed by atoms with van der Waals surface area (Å²) in [7, 11) is 0.765. The van der Waals surface area contributed by atoms with Crippen LogP contribution in [0.3, 0.4) is 0 Å². The highest BCUT2D eigenvalue weighted by molar-refractivity contribution is 6.56. The summed E-state index contributed by atoms with van der Waals surface area (Å²) in [5.41, 5.74) is 13.2. The molecule has 0 radical (unpaired) electrons. The van der Waals surface area contributed by atoms with Gasteiger partial charge < -0.3 is 25.5 Å². The normalized spacial score (nSPS) is 19.4. The molecule has 0 spiro atoms. The highest BCUT2D eigenvalue weighted by Crippen LogP contribution is 2.38. The quantitative estimate of drug-likeness (QED) is 0.497. The standard InChI is InChI=1S/C17H25BN2O4/c1-16(2)17(3,4)24-18(23-16)12(10-19)9-11-7-6-8-13(14(11)20)15(21)22-5/h6-9H,10,19-20H2,1-5H3. The van der Waals surface area contributed by atoms with E-state index in [4.69, 9.17) is 25.5 Å². The molecule has 2 rings (SSSR count). The SMILES string of the molecule is COC(=O)c1cccc(C=C(CN)B2OC(C)(C)C(C)(C)O2)c1N. The second kappa shape index (κ2) is 6.59. The van der Waals surface area contributed by atoms with E-state index in [1.165, 1.54) is 7.11 Å². The van der Waals surface area contributed by atoms with Crippen molar-refractivity contribution < 1.29 is 18.8 Å². The van der Waals surface area contributed by atoms with Crippen molar-refractivity contribution in [2.75, 3.05) is 19.4 Å². The van der Waals surface area contributed by atoms with E-state index < -0.39 is 24.3 Å². The number of benzene rings is 1. The first-order valence-corrected chi connectivity index (χ1v) is 7.86. The van der Waals surface area contributed by atoms with E-state index in [0.717, 1.165) is 5.47 Å². The van der Waals surface area contributed by atoms with Crippen molar-refractivity contribution in [1.82, 2.24) is 0 Å². The summed E-state index contributed by atoms with van der Waals surface area (Å²) in [4.78, 5) is 11.8. The van der Waals surface area contributed by atoms with Crippen LogP contribution in [-0.2, 0) is 14.0 Å². The molecule has 0 bridgehead atoms. The van der Waals surface area contributed by atoms with Gasteiger partial charge in [-0.2, -0.15) is 0 Å². The molecule has 1 aliphatic rings. The number of hydrogen-bond acceptors (Lipinski definition) is 6. The van der Waals surface area contributed by atoms with E-state index in [-0.39, 0.29) is 6.54 Å². The highest BCUT2D eigenvalue weighted by atomic mass is 16.7. The maximum Gasteiger partial charge on any atom is 0.491 e. The number of nitrogen functional groups attached to an aromatic ring is 1. The molecule has 0 unspecified atom stereocenters. The number of methoxy groups -OCH3 is 1. The van der Waals surface area contributed by atoms with Gasteiger partial charge >= 0.3 is 13.1 Å². The monoisotopic (exact) mass is 332 g/mol. The molecule has 1 saturated heterocycles. The first kappa shape index (κ1) is 18.5. The Hall–Kier alpha value is -1.83. The van der Waals surface area contributed by atoms with Gasteiger partial charge in [0.15, 0.2) is 0 Å². The lowest BCUT2D eigenvalue weighted by Gasteiger charge is -2.32. The molecule has 1 heterocycles. The molecule has 0 atom stereocenters. The predicted octanol–water partition coefficient (Wildman–Crippen LogP) is 2.03. The van der Waals surface area contributed by atoms with Gasteiger partial charge in [-0.15, -0.1) is 0 Å². The van der Waals surface area contributed by atoms with Gasteiger partial charge in [0.05, 0.1) is 29.6 Å². The Kier molecular flexibility index (Phi) is 5.08. The van der Waals surface area contributed by atoms with Crippen LogP contribution < -0.4 is 11.5 Å². The topological polar surface area (TPSA) is 96.8 Å². The molecule has 130 valence electrons. The van der Waals surface area contributed by atoms with Crippen molar-refractivity contribution in [3.8, 4) is 0 Å². The molecule has 0 aliphatic carbocycles. The van der Waals surface area contributed by atoms with Crippen LogP contribution in [0.25, 0.3) is 6.08 Å². The Morgan fingerprint density at radius 1 is 1.25 bits per heavy atom. The average molecular weight is 332 g/mol. The maximum atomic E-state index is 11.8. The lowest BCUT2D eigenvalue weighted by atomic mass is 9.77. The summed E-state index contributed by atoms with van der Waals surface area (Å²) in [5, 5.41) is 0. The number of carbonyl (C=O) groups is 1. The summed E-state index contributed by atoms with van der Waals surface area (Å²) in [6.45, 7) is 8.17. The van der Waals surface area contributed by atoms with Gasteiger partial charge in [-0.1, -0.05) is 18.2 Å². The zero-order chi connectivity index (χ0) is 18.1. The number of hydrogen-bond donors (Lipinski definition) is 2. The molecule has 0 saturated carbocycles. The number of rotatable bonds is 4. The molecule has 1 fully saturated rings. The van der Waals surface area contributed by atoms with Crippen molar-refractivity contribution >= 4 is 24.9 Å². The fourth-order valence-corrected chi connectivity index (χ4v) is 2.41. The lowest BCUT2D eigenvalue weighted by molar-refractivity contribution is 0.00578. The van der Waals surface area contributed by atoms with Gasteiger partial charge in [-0.25, -0.2) is 4.79 Å². The second-order valence-electron chi connectivity index (χ2n) is 6.81. The van der Waals surface area contributed by atoms with Crippen molar-refractivity contribution in [2.24, 2.45) is 5.73 Å². The Balaban J connectivity index is 2.38. The Morgan fingerprint density at radius 3 is 2.33 bits per heavy atom. The van der Waals surface area contributed by atoms with E-state index in [9.17, 15) is 4.79 Å². The second-order valence-corrected chi connectivity index (χ2v) is 6.81. The smallest absolute Gasteiger partial charge is 0.465 e. The van der Waals surface area contributed by atoms with Crippen LogP contribution in [0.4, 0.5) is 5.69 Å². The lowest BCUT2D eigenvalue weighted by Crippen LogP contribution is -2.41. The van der Waals surface area contributed by atoms with Gasteiger partial charge in [-0.3, -0.25) is 0 Å². The molecule has 24 heavy (non-hydrogen) atoms. The van der Waals surface area contributed by atoms with Gasteiger partial charge in [0.1, 0.15) is 0 Å². The summed E-state index contributed by atoms with van der Waals surface area (Å²) in [5.74, 6) is -0.479. The molecule has 7 heteroatoms. The van der Waals surface area contributed by atoms with Crippen LogP contribution in [0.1, 0.15) is 43.6 Å². The minimum atomic E-state index is -0.554. The number of esters is 1. The van der Waals surface area contributed by atoms with Crippen LogP contribution in [0.5, 0.6) is 0 Å². The van der Waals surface area contributed by atoms with Gasteiger partial charge in [0.25, 0.3) is 0 Å². The highest BCUT2D eigenvalue weighted by Gasteiger charge is 2.52. The maximum absolute atomic E-state index is 11.8. The third-order valence-corrected chi connectivity index (χ3v) is 4.68. The van der Waals surface area contributed by atoms with E-state index >= 15 is 0 Å². The largest absolute Gasteiger partial charge is 0.491 e. The fraction of sp³-hybridized carbons (Fsp3) is 0.471. The van der Waals surface area contributed by atoms with Crippen molar-refractivity contribution in [3.05, 3.63) is 34.8 Å². The van der Waals surface area contributed by atoms with Gasteiger partial charge in [0, 0.05) is 6.54 Å². The molecular formula is C17H25BN2O4. The van der Waals surface area contributed by atoms with Gasteiger partial charge in [0.2, 0.25) is 0 Å². The first-order chi connectivity index (χ1) is 11.1. The Labute approximate surface area is 143 Å². The van der Waals surface area contributed by atoms with Gasteiger partial charge in [-0.05, 0) is 44.8 Å². The van der Waals surface area contributed by atoms with Crippen LogP contribution in [-0.4, -0.2) is 37.9 Å². The van der Waals surface area contributed by atoms with E-state index in [2.05, 4.69) is 0 Å². The number of para-hydroxylation sites is 1. The van der Waals surface area contributed by atoms with E-state index in [0.29, 0.717) is 16.8 Å². The molecule has 6 nitrogen and oxygen atoms in total. The average Bonchev–Trinajstić information content (AvgIpc) is 2.73. The molecule has 1 aromatic carbocycles. The first-order valence-electron chi connectivity index (χ1n) is 7.86. The minimum absolute atomic E-state index is 0.249. The Bertz CT molecular complexity index is 655. The van der Waals surface area contributed by atoms with Crippen molar-refractivity contribution in [3.63, 3.8) is 0 Å². The third kappa shape index (κ3) is 3.33. The number of anilines is 1. The predicted molar refractivity (Wildman–Crippen MR) is 95.3 cm³/mol. The molecular weight excluding hydrogens is 307 g/mol. The molecule has 0 amide bonds. The number of ether oxygens (including phenoxy) is 1. The molecule has 0 aromatic heterocycles. The van der Waals surface area contributed by atoms with Crippen LogP contribution >= 0.6 is 0 Å². The van der Waals surface area contributed by atoms with Crippen LogP contribution in [0, 0.1) is 0 Å². The molecule has 1 aromatic rings. The summed E-state index contributed by atoms with van der Waals surface area (Å²) >= 11 is 0. The number of carbonyl (C=O) groups excluding carboxylic acids is 1. The van der Waals surface area contributed by atoms with E-state index in [1.807, 2.05) is 39.8 Å². The minimum Gasteiger partial charge on any atom is -0.465 e. The Morgan fingerprint density at radius 2 is 1.83 bits per heavy atom. The summed E-state index contributed by atoms with van der Waals surface area (Å²) in [6.07, 6.45) is 1.81. The van der Waals surface area contributed by atoms with Crippen molar-refractivity contribution in [2.45, 2.75) is 38.9 Å². The fourth-order valence-electron chi connectivity index (χ4n) is 2.41. The van der Waals surface area contributed by atoms with Crippen molar-refractivity contribution in [1.29, 1.82) is 0 Å². The summed E-state index contributed by atoms with van der Waals surface area (Å²) < 4.78 is 16.8.